The molecular weight excluding hydrogens is 468 g/mol. The number of aryl methyl sites for hydroxylation is 2. The van der Waals surface area contributed by atoms with E-state index in [9.17, 15) is 9.59 Å². The molecule has 3 aromatic rings. The van der Waals surface area contributed by atoms with Crippen molar-refractivity contribution in [3.8, 4) is 0 Å². The molecule has 3 aromatic carbocycles. The van der Waals surface area contributed by atoms with Gasteiger partial charge in [0.1, 0.15) is 6.04 Å². The Bertz CT molecular complexity index is 1170. The quantitative estimate of drug-likeness (QED) is 0.379. The monoisotopic (exact) mass is 502 g/mol. The van der Waals surface area contributed by atoms with Crippen molar-refractivity contribution >= 4 is 23.4 Å². The standard InChI is InChI=1S/C31H35ClN2O2/c1-22-16-23(2)18-25(17-22)20-30(35)34(21-26-12-6-9-15-28(26)32)29(19-24-10-4-3-5-11-24)31(36)33-27-13-7-8-14-27/h3-6,9-12,15-18,27,29H,7-8,13-14,19-21H2,1-2H3,(H,33,36)/t29-/m1/s1. The molecule has 1 aliphatic carbocycles. The lowest BCUT2D eigenvalue weighted by Crippen LogP contribution is -2.52. The molecule has 0 aromatic heterocycles. The predicted octanol–water partition coefficient (Wildman–Crippen LogP) is 6.20. The van der Waals surface area contributed by atoms with Crippen molar-refractivity contribution in [2.24, 2.45) is 0 Å². The van der Waals surface area contributed by atoms with Crippen molar-refractivity contribution in [2.75, 3.05) is 0 Å². The molecule has 1 atom stereocenters. The molecule has 0 heterocycles. The number of hydrogen-bond donors (Lipinski definition) is 1. The number of benzene rings is 3. The van der Waals surface area contributed by atoms with Crippen LogP contribution < -0.4 is 5.32 Å². The summed E-state index contributed by atoms with van der Waals surface area (Å²) in [5.74, 6) is -0.172. The van der Waals surface area contributed by atoms with Gasteiger partial charge in [0.15, 0.2) is 0 Å². The Kier molecular flexibility index (Phi) is 8.82. The highest BCUT2D eigenvalue weighted by Gasteiger charge is 2.32. The van der Waals surface area contributed by atoms with Crippen LogP contribution >= 0.6 is 11.6 Å². The smallest absolute Gasteiger partial charge is 0.243 e. The van der Waals surface area contributed by atoms with Gasteiger partial charge in [-0.15, -0.1) is 0 Å². The number of nitrogens with one attached hydrogen (secondary N) is 1. The highest BCUT2D eigenvalue weighted by Crippen LogP contribution is 2.23. The Balaban J connectivity index is 1.68. The Labute approximate surface area is 219 Å². The van der Waals surface area contributed by atoms with Crippen LogP contribution in [0.4, 0.5) is 0 Å². The minimum Gasteiger partial charge on any atom is -0.352 e. The minimum atomic E-state index is -0.636. The third-order valence-corrected chi connectivity index (χ3v) is 7.28. The van der Waals surface area contributed by atoms with Crippen LogP contribution in [-0.4, -0.2) is 28.8 Å². The summed E-state index contributed by atoms with van der Waals surface area (Å²) in [6.07, 6.45) is 4.92. The molecule has 0 spiro atoms. The molecule has 1 aliphatic rings. The van der Waals surface area contributed by atoms with Gasteiger partial charge in [-0.05, 0) is 49.4 Å². The van der Waals surface area contributed by atoms with Gasteiger partial charge >= 0.3 is 0 Å². The van der Waals surface area contributed by atoms with E-state index in [1.54, 1.807) is 4.90 Å². The number of hydrogen-bond acceptors (Lipinski definition) is 2. The number of carbonyl (C=O) groups excluding carboxylic acids is 2. The molecule has 4 nitrogen and oxygen atoms in total. The van der Waals surface area contributed by atoms with Crippen molar-refractivity contribution in [1.82, 2.24) is 10.2 Å². The van der Waals surface area contributed by atoms with Crippen LogP contribution in [-0.2, 0) is 29.0 Å². The normalized spacial score (nSPS) is 14.4. The maximum Gasteiger partial charge on any atom is 0.243 e. The summed E-state index contributed by atoms with van der Waals surface area (Å²) in [5.41, 5.74) is 5.05. The molecule has 1 saturated carbocycles. The Hall–Kier alpha value is -3.11. The molecule has 5 heteroatoms. The van der Waals surface area contributed by atoms with E-state index in [0.717, 1.165) is 53.5 Å². The largest absolute Gasteiger partial charge is 0.352 e. The topological polar surface area (TPSA) is 49.4 Å². The van der Waals surface area contributed by atoms with Crippen molar-refractivity contribution in [2.45, 2.75) is 71.0 Å². The first kappa shape index (κ1) is 26.0. The second kappa shape index (κ2) is 12.2. The van der Waals surface area contributed by atoms with Crippen molar-refractivity contribution in [3.05, 3.63) is 106 Å². The van der Waals surface area contributed by atoms with Crippen LogP contribution in [0.25, 0.3) is 0 Å². The lowest BCUT2D eigenvalue weighted by Gasteiger charge is -2.33. The summed E-state index contributed by atoms with van der Waals surface area (Å²) >= 11 is 6.52. The summed E-state index contributed by atoms with van der Waals surface area (Å²) in [5, 5.41) is 3.85. The Morgan fingerprint density at radius 2 is 1.56 bits per heavy atom. The SMILES string of the molecule is Cc1cc(C)cc(CC(=O)N(Cc2ccccc2Cl)[C@H](Cc2ccccc2)C(=O)NC2CCCC2)c1. The second-order valence-electron chi connectivity index (χ2n) is 9.98. The fourth-order valence-electron chi connectivity index (χ4n) is 5.18. The van der Waals surface area contributed by atoms with E-state index in [2.05, 4.69) is 11.4 Å². The summed E-state index contributed by atoms with van der Waals surface area (Å²) < 4.78 is 0. The number of rotatable bonds is 9. The summed E-state index contributed by atoms with van der Waals surface area (Å²) in [7, 11) is 0. The first-order valence-corrected chi connectivity index (χ1v) is 13.2. The van der Waals surface area contributed by atoms with Crippen LogP contribution in [0.3, 0.4) is 0 Å². The summed E-state index contributed by atoms with van der Waals surface area (Å²) in [6.45, 7) is 4.35. The minimum absolute atomic E-state index is 0.0811. The fourth-order valence-corrected chi connectivity index (χ4v) is 5.37. The average Bonchev–Trinajstić information content (AvgIpc) is 3.35. The molecule has 0 bridgehead atoms. The van der Waals surface area contributed by atoms with Gasteiger partial charge in [0.2, 0.25) is 11.8 Å². The zero-order valence-corrected chi connectivity index (χ0v) is 21.9. The van der Waals surface area contributed by atoms with Crippen LogP contribution in [0.1, 0.15) is 53.5 Å². The molecular formula is C31H35ClN2O2. The van der Waals surface area contributed by atoms with Gasteiger partial charge in [-0.25, -0.2) is 0 Å². The van der Waals surface area contributed by atoms with Crippen LogP contribution in [0.2, 0.25) is 5.02 Å². The number of nitrogens with zero attached hydrogens (tertiary/aromatic N) is 1. The molecule has 1 fully saturated rings. The molecule has 0 saturated heterocycles. The van der Waals surface area contributed by atoms with E-state index in [4.69, 9.17) is 11.6 Å². The molecule has 0 aliphatic heterocycles. The predicted molar refractivity (Wildman–Crippen MR) is 146 cm³/mol. The van der Waals surface area contributed by atoms with Gasteiger partial charge in [-0.3, -0.25) is 9.59 Å². The number of carbonyl (C=O) groups is 2. The summed E-state index contributed by atoms with van der Waals surface area (Å²) in [6, 6.07) is 23.2. The van der Waals surface area contributed by atoms with E-state index >= 15 is 0 Å². The fraction of sp³-hybridized carbons (Fsp3) is 0.355. The number of halogens is 1. The first-order valence-electron chi connectivity index (χ1n) is 12.8. The third-order valence-electron chi connectivity index (χ3n) is 6.91. The van der Waals surface area contributed by atoms with Gasteiger partial charge in [0.25, 0.3) is 0 Å². The molecule has 2 amide bonds. The maximum absolute atomic E-state index is 13.9. The van der Waals surface area contributed by atoms with Crippen molar-refractivity contribution in [1.29, 1.82) is 0 Å². The van der Waals surface area contributed by atoms with Gasteiger partial charge in [-0.2, -0.15) is 0 Å². The van der Waals surface area contributed by atoms with Gasteiger partial charge in [-0.1, -0.05) is 102 Å². The van der Waals surface area contributed by atoms with E-state index in [1.807, 2.05) is 80.6 Å². The molecule has 188 valence electrons. The Morgan fingerprint density at radius 1 is 0.917 bits per heavy atom. The molecule has 36 heavy (non-hydrogen) atoms. The van der Waals surface area contributed by atoms with Crippen LogP contribution in [0, 0.1) is 13.8 Å². The molecule has 0 radical (unpaired) electrons. The lowest BCUT2D eigenvalue weighted by atomic mass is 10.00. The van der Waals surface area contributed by atoms with E-state index in [1.165, 1.54) is 0 Å². The van der Waals surface area contributed by atoms with Crippen molar-refractivity contribution < 1.29 is 9.59 Å². The highest BCUT2D eigenvalue weighted by atomic mass is 35.5. The maximum atomic E-state index is 13.9. The van der Waals surface area contributed by atoms with E-state index in [-0.39, 0.29) is 30.8 Å². The average molecular weight is 503 g/mol. The highest BCUT2D eigenvalue weighted by molar-refractivity contribution is 6.31. The third kappa shape index (κ3) is 6.98. The van der Waals surface area contributed by atoms with Crippen LogP contribution in [0.5, 0.6) is 0 Å². The van der Waals surface area contributed by atoms with Gasteiger partial charge in [0.05, 0.1) is 6.42 Å². The number of amides is 2. The van der Waals surface area contributed by atoms with E-state index in [0.29, 0.717) is 11.4 Å². The summed E-state index contributed by atoms with van der Waals surface area (Å²) in [4.78, 5) is 29.4. The van der Waals surface area contributed by atoms with Gasteiger partial charge < -0.3 is 10.2 Å². The van der Waals surface area contributed by atoms with Crippen LogP contribution in [0.15, 0.2) is 72.8 Å². The zero-order chi connectivity index (χ0) is 25.5. The molecule has 4 rings (SSSR count). The molecule has 1 N–H and O–H groups in total. The first-order chi connectivity index (χ1) is 17.4. The lowest BCUT2D eigenvalue weighted by molar-refractivity contribution is -0.141. The Morgan fingerprint density at radius 3 is 2.22 bits per heavy atom. The van der Waals surface area contributed by atoms with Gasteiger partial charge in [0, 0.05) is 24.0 Å². The van der Waals surface area contributed by atoms with Crippen molar-refractivity contribution in [3.63, 3.8) is 0 Å². The second-order valence-corrected chi connectivity index (χ2v) is 10.4. The zero-order valence-electron chi connectivity index (χ0n) is 21.2. The molecule has 0 unspecified atom stereocenters. The van der Waals surface area contributed by atoms with E-state index < -0.39 is 6.04 Å².